The van der Waals surface area contributed by atoms with Crippen molar-refractivity contribution >= 4 is 21.0 Å². The summed E-state index contributed by atoms with van der Waals surface area (Å²) >= 11 is 0. The largest absolute Gasteiger partial charge is 0.384 e. The van der Waals surface area contributed by atoms with Crippen LogP contribution in [-0.2, 0) is 14.6 Å². The Balaban J connectivity index is 2.27. The topological polar surface area (TPSA) is 43.4 Å². The summed E-state index contributed by atoms with van der Waals surface area (Å²) in [6.45, 7) is 6.13. The standard InChI is InChI=1S/C27H30O3S/c1-21(23-14-8-5-9-15-23)26(24-16-10-6-11-17-24)27(3,20-30-4)22(2)31(28,29)25-18-12-7-13-19-25/h5-19,22H,20H2,1-4H3/b26-21+. The van der Waals surface area contributed by atoms with Crippen LogP contribution >= 0.6 is 0 Å². The van der Waals surface area contributed by atoms with E-state index in [0.717, 1.165) is 22.3 Å². The SMILES string of the molecule is COCC(C)(/C(=C(\C)c1ccccc1)c1ccccc1)C(C)S(=O)(=O)c1ccccc1. The summed E-state index contributed by atoms with van der Waals surface area (Å²) in [5.74, 6) is 0. The molecular formula is C27H30O3S. The summed E-state index contributed by atoms with van der Waals surface area (Å²) in [6.07, 6.45) is 0. The first-order valence-electron chi connectivity index (χ1n) is 10.4. The molecule has 0 radical (unpaired) electrons. The van der Waals surface area contributed by atoms with Crippen molar-refractivity contribution in [2.75, 3.05) is 13.7 Å². The fourth-order valence-electron chi connectivity index (χ4n) is 4.26. The van der Waals surface area contributed by atoms with Crippen LogP contribution in [0.1, 0.15) is 31.9 Å². The van der Waals surface area contributed by atoms with Crippen LogP contribution in [0, 0.1) is 5.41 Å². The first kappa shape index (κ1) is 23.0. The Hall–Kier alpha value is -2.69. The molecule has 0 heterocycles. The molecule has 0 bridgehead atoms. The zero-order chi connectivity index (χ0) is 22.5. The predicted octanol–water partition coefficient (Wildman–Crippen LogP) is 6.13. The number of ether oxygens (including phenoxy) is 1. The Labute approximate surface area is 186 Å². The minimum absolute atomic E-state index is 0.272. The number of hydrogen-bond donors (Lipinski definition) is 0. The maximum atomic E-state index is 13.7. The molecule has 0 amide bonds. The van der Waals surface area contributed by atoms with Gasteiger partial charge in [0.15, 0.2) is 9.84 Å². The number of methoxy groups -OCH3 is 1. The van der Waals surface area contributed by atoms with Crippen molar-refractivity contribution in [3.8, 4) is 0 Å². The van der Waals surface area contributed by atoms with Gasteiger partial charge in [-0.05, 0) is 48.3 Å². The summed E-state index contributed by atoms with van der Waals surface area (Å²) < 4.78 is 33.0. The molecule has 3 aromatic carbocycles. The van der Waals surface area contributed by atoms with Crippen LogP contribution in [0.4, 0.5) is 0 Å². The number of benzene rings is 3. The van der Waals surface area contributed by atoms with Gasteiger partial charge in [0.1, 0.15) is 0 Å². The molecule has 3 aromatic rings. The van der Waals surface area contributed by atoms with E-state index in [2.05, 4.69) is 19.1 Å². The van der Waals surface area contributed by atoms with Crippen LogP contribution in [0.5, 0.6) is 0 Å². The van der Waals surface area contributed by atoms with Gasteiger partial charge in [0, 0.05) is 12.5 Å². The van der Waals surface area contributed by atoms with Gasteiger partial charge in [-0.3, -0.25) is 0 Å². The van der Waals surface area contributed by atoms with E-state index < -0.39 is 20.5 Å². The Kier molecular flexibility index (Phi) is 7.14. The molecule has 0 aliphatic carbocycles. The molecule has 2 atom stereocenters. The third-order valence-corrected chi connectivity index (χ3v) is 8.47. The van der Waals surface area contributed by atoms with Crippen molar-refractivity contribution in [3.63, 3.8) is 0 Å². The molecule has 0 spiro atoms. The fourth-order valence-corrected chi connectivity index (χ4v) is 6.08. The second kappa shape index (κ2) is 9.63. The van der Waals surface area contributed by atoms with E-state index in [1.54, 1.807) is 38.3 Å². The Morgan fingerprint density at radius 2 is 1.29 bits per heavy atom. The maximum absolute atomic E-state index is 13.7. The molecule has 0 aliphatic heterocycles. The van der Waals surface area contributed by atoms with Crippen LogP contribution < -0.4 is 0 Å². The summed E-state index contributed by atoms with van der Waals surface area (Å²) in [5.41, 5.74) is 3.30. The lowest BCUT2D eigenvalue weighted by atomic mass is 9.73. The van der Waals surface area contributed by atoms with Crippen molar-refractivity contribution in [1.29, 1.82) is 0 Å². The molecule has 3 nitrogen and oxygen atoms in total. The van der Waals surface area contributed by atoms with Gasteiger partial charge < -0.3 is 4.74 Å². The highest BCUT2D eigenvalue weighted by molar-refractivity contribution is 7.92. The molecule has 0 aliphatic rings. The van der Waals surface area contributed by atoms with Gasteiger partial charge in [-0.2, -0.15) is 0 Å². The minimum atomic E-state index is -3.60. The average molecular weight is 435 g/mol. The van der Waals surface area contributed by atoms with Crippen LogP contribution in [0.2, 0.25) is 0 Å². The molecule has 31 heavy (non-hydrogen) atoms. The predicted molar refractivity (Wildman–Crippen MR) is 128 cm³/mol. The third kappa shape index (κ3) is 4.65. The fraction of sp³-hybridized carbons (Fsp3) is 0.259. The van der Waals surface area contributed by atoms with Crippen molar-refractivity contribution in [2.45, 2.75) is 30.9 Å². The zero-order valence-electron chi connectivity index (χ0n) is 18.6. The number of rotatable bonds is 8. The first-order valence-corrected chi connectivity index (χ1v) is 12.0. The van der Waals surface area contributed by atoms with E-state index in [4.69, 9.17) is 4.74 Å². The van der Waals surface area contributed by atoms with E-state index in [0.29, 0.717) is 4.90 Å². The van der Waals surface area contributed by atoms with Crippen LogP contribution in [0.15, 0.2) is 95.9 Å². The molecule has 3 rings (SSSR count). The summed E-state index contributed by atoms with van der Waals surface area (Å²) in [6, 6.07) is 28.8. The van der Waals surface area contributed by atoms with E-state index >= 15 is 0 Å². The van der Waals surface area contributed by atoms with Gasteiger partial charge in [0.2, 0.25) is 0 Å². The highest BCUT2D eigenvalue weighted by Crippen LogP contribution is 2.46. The number of sulfone groups is 1. The highest BCUT2D eigenvalue weighted by atomic mass is 32.2. The summed E-state index contributed by atoms with van der Waals surface area (Å²) in [4.78, 5) is 0.328. The highest BCUT2D eigenvalue weighted by Gasteiger charge is 2.44. The van der Waals surface area contributed by atoms with Crippen molar-refractivity contribution < 1.29 is 13.2 Å². The zero-order valence-corrected chi connectivity index (χ0v) is 19.4. The lowest BCUT2D eigenvalue weighted by Crippen LogP contribution is -2.41. The molecule has 162 valence electrons. The molecule has 0 saturated heterocycles. The molecule has 2 unspecified atom stereocenters. The molecule has 0 N–H and O–H groups in total. The van der Waals surface area contributed by atoms with Crippen molar-refractivity contribution in [2.24, 2.45) is 5.41 Å². The van der Waals surface area contributed by atoms with Gasteiger partial charge in [0.25, 0.3) is 0 Å². The van der Waals surface area contributed by atoms with E-state index in [-0.39, 0.29) is 6.61 Å². The van der Waals surface area contributed by atoms with Crippen molar-refractivity contribution in [3.05, 3.63) is 102 Å². The van der Waals surface area contributed by atoms with Gasteiger partial charge >= 0.3 is 0 Å². The smallest absolute Gasteiger partial charge is 0.181 e. The van der Waals surface area contributed by atoms with Crippen molar-refractivity contribution in [1.82, 2.24) is 0 Å². The summed E-state index contributed by atoms with van der Waals surface area (Å²) in [7, 11) is -1.98. The van der Waals surface area contributed by atoms with Crippen LogP contribution in [0.3, 0.4) is 0 Å². The quantitative estimate of drug-likeness (QED) is 0.400. The Bertz CT molecular complexity index is 1120. The molecule has 0 aromatic heterocycles. The Morgan fingerprint density at radius 1 is 0.839 bits per heavy atom. The lowest BCUT2D eigenvalue weighted by Gasteiger charge is -2.39. The maximum Gasteiger partial charge on any atom is 0.181 e. The number of hydrogen-bond acceptors (Lipinski definition) is 3. The minimum Gasteiger partial charge on any atom is -0.384 e. The van der Waals surface area contributed by atoms with Gasteiger partial charge in [-0.25, -0.2) is 8.42 Å². The van der Waals surface area contributed by atoms with E-state index in [1.807, 2.05) is 61.5 Å². The lowest BCUT2D eigenvalue weighted by molar-refractivity contribution is 0.127. The first-order chi connectivity index (χ1) is 14.8. The summed E-state index contributed by atoms with van der Waals surface area (Å²) in [5, 5.41) is -0.712. The molecule has 0 saturated carbocycles. The van der Waals surface area contributed by atoms with Crippen LogP contribution in [-0.4, -0.2) is 27.4 Å². The normalized spacial score (nSPS) is 15.6. The molecule has 4 heteroatoms. The molecule has 0 fully saturated rings. The van der Waals surface area contributed by atoms with E-state index in [1.165, 1.54) is 0 Å². The monoisotopic (exact) mass is 434 g/mol. The molecular weight excluding hydrogens is 404 g/mol. The average Bonchev–Trinajstić information content (AvgIpc) is 2.80. The van der Waals surface area contributed by atoms with Crippen LogP contribution in [0.25, 0.3) is 11.1 Å². The third-order valence-electron chi connectivity index (χ3n) is 6.09. The number of allylic oxidation sites excluding steroid dienone is 1. The van der Waals surface area contributed by atoms with Gasteiger partial charge in [0.05, 0.1) is 16.8 Å². The second-order valence-electron chi connectivity index (χ2n) is 8.08. The Morgan fingerprint density at radius 3 is 1.77 bits per heavy atom. The van der Waals surface area contributed by atoms with E-state index in [9.17, 15) is 8.42 Å². The second-order valence-corrected chi connectivity index (χ2v) is 10.4. The van der Waals surface area contributed by atoms with Gasteiger partial charge in [-0.15, -0.1) is 0 Å². The van der Waals surface area contributed by atoms with Gasteiger partial charge in [-0.1, -0.05) is 85.8 Å².